The fraction of sp³-hybridized carbons (Fsp3) is 0.750. The summed E-state index contributed by atoms with van der Waals surface area (Å²) in [5, 5.41) is 0. The molecular formula is C4H9OW-. The van der Waals surface area contributed by atoms with Crippen LogP contribution in [-0.4, -0.2) is 13.2 Å². The Bertz CT molecular complexity index is 15.0. The van der Waals surface area contributed by atoms with Crippen molar-refractivity contribution < 1.29 is 25.8 Å². The van der Waals surface area contributed by atoms with E-state index in [9.17, 15) is 0 Å². The minimum atomic E-state index is 0. The topological polar surface area (TPSA) is 9.23 Å². The summed E-state index contributed by atoms with van der Waals surface area (Å²) in [5.41, 5.74) is 0. The Balaban J connectivity index is 0. The van der Waals surface area contributed by atoms with Crippen LogP contribution in [0.25, 0.3) is 0 Å². The fourth-order valence-electron chi connectivity index (χ4n) is 0.144. The molecule has 6 heavy (non-hydrogen) atoms. The van der Waals surface area contributed by atoms with Crippen LogP contribution in [0.5, 0.6) is 0 Å². The van der Waals surface area contributed by atoms with E-state index >= 15 is 0 Å². The molecule has 0 aromatic carbocycles. The minimum Gasteiger partial charge on any atom is -0.414 e. The van der Waals surface area contributed by atoms with E-state index in [4.69, 9.17) is 4.74 Å². The number of rotatable bonds is 2. The van der Waals surface area contributed by atoms with Gasteiger partial charge in [0.15, 0.2) is 0 Å². The summed E-state index contributed by atoms with van der Waals surface area (Å²) >= 11 is 0. The molecule has 0 saturated heterocycles. The van der Waals surface area contributed by atoms with Crippen LogP contribution in [0.2, 0.25) is 0 Å². The van der Waals surface area contributed by atoms with Crippen molar-refractivity contribution in [2.24, 2.45) is 0 Å². The molecule has 0 aliphatic rings. The Labute approximate surface area is 53.3 Å². The van der Waals surface area contributed by atoms with Crippen LogP contribution in [0.1, 0.15) is 6.92 Å². The summed E-state index contributed by atoms with van der Waals surface area (Å²) < 4.78 is 4.72. The Morgan fingerprint density at radius 3 is 2.17 bits per heavy atom. The number of hydrogen-bond donors (Lipinski definition) is 0. The third-order valence-electron chi connectivity index (χ3n) is 0.348. The normalized spacial score (nSPS) is 7.00. The molecule has 1 nitrogen and oxygen atoms in total. The van der Waals surface area contributed by atoms with Gasteiger partial charge in [0, 0.05) is 27.7 Å². The maximum absolute atomic E-state index is 4.72. The second kappa shape index (κ2) is 9.17. The van der Waals surface area contributed by atoms with Gasteiger partial charge in [-0.25, -0.2) is 0 Å². The first-order valence-corrected chi connectivity index (χ1v) is 1.78. The van der Waals surface area contributed by atoms with Gasteiger partial charge in [0.2, 0.25) is 0 Å². The fourth-order valence-corrected chi connectivity index (χ4v) is 0.144. The zero-order chi connectivity index (χ0) is 4.12. The van der Waals surface area contributed by atoms with Gasteiger partial charge in [0.05, 0.1) is 0 Å². The largest absolute Gasteiger partial charge is 0.414 e. The molecule has 0 aliphatic carbocycles. The quantitative estimate of drug-likeness (QED) is 0.666. The number of hydrogen-bond acceptors (Lipinski definition) is 1. The molecule has 2 heteroatoms. The Kier molecular flexibility index (Phi) is 15.0. The molecule has 0 N–H and O–H groups in total. The maximum Gasteiger partial charge on any atom is 0.0402 e. The van der Waals surface area contributed by atoms with Crippen molar-refractivity contribution in [3.8, 4) is 0 Å². The smallest absolute Gasteiger partial charge is 0.0402 e. The van der Waals surface area contributed by atoms with Gasteiger partial charge < -0.3 is 11.7 Å². The van der Waals surface area contributed by atoms with Crippen LogP contribution in [0.15, 0.2) is 0 Å². The van der Waals surface area contributed by atoms with E-state index in [1.54, 1.807) is 0 Å². The molecule has 0 saturated carbocycles. The van der Waals surface area contributed by atoms with Crippen molar-refractivity contribution in [1.29, 1.82) is 0 Å². The van der Waals surface area contributed by atoms with E-state index in [0.717, 1.165) is 6.61 Å². The van der Waals surface area contributed by atoms with Crippen molar-refractivity contribution in [3.05, 3.63) is 6.92 Å². The monoisotopic (exact) mass is 257 g/mol. The van der Waals surface area contributed by atoms with E-state index in [-0.39, 0.29) is 21.1 Å². The van der Waals surface area contributed by atoms with E-state index in [1.807, 2.05) is 6.92 Å². The first-order valence-electron chi connectivity index (χ1n) is 1.78. The standard InChI is InChI=1S/C4H9O.W/c1-3-5-4-2;/h1,3-4H2,2H3;/q-1;. The van der Waals surface area contributed by atoms with Gasteiger partial charge in [0.1, 0.15) is 0 Å². The van der Waals surface area contributed by atoms with Crippen molar-refractivity contribution in [2.45, 2.75) is 6.92 Å². The summed E-state index contributed by atoms with van der Waals surface area (Å²) in [6.07, 6.45) is 0. The van der Waals surface area contributed by atoms with Crippen LogP contribution in [0, 0.1) is 6.92 Å². The Hall–Kier alpha value is 0.648. The Morgan fingerprint density at radius 2 is 2.17 bits per heavy atom. The zero-order valence-electron chi connectivity index (χ0n) is 3.94. The summed E-state index contributed by atoms with van der Waals surface area (Å²) in [6.45, 7) is 6.78. The first kappa shape index (κ1) is 9.82. The van der Waals surface area contributed by atoms with Gasteiger partial charge in [-0.1, -0.05) is 6.61 Å². The third kappa shape index (κ3) is 8.82. The molecule has 38 valence electrons. The average molecular weight is 257 g/mol. The van der Waals surface area contributed by atoms with Gasteiger partial charge in [-0.05, 0) is 6.92 Å². The molecule has 0 aromatic rings. The van der Waals surface area contributed by atoms with E-state index in [0.29, 0.717) is 6.61 Å². The van der Waals surface area contributed by atoms with Crippen molar-refractivity contribution in [1.82, 2.24) is 0 Å². The summed E-state index contributed by atoms with van der Waals surface area (Å²) in [7, 11) is 0. The second-order valence-corrected chi connectivity index (χ2v) is 0.697. The predicted octanol–water partition coefficient (Wildman–Crippen LogP) is 0.854. The first-order chi connectivity index (χ1) is 2.41. The summed E-state index contributed by atoms with van der Waals surface area (Å²) in [4.78, 5) is 0. The molecule has 0 aliphatic heterocycles. The van der Waals surface area contributed by atoms with Gasteiger partial charge in [-0.3, -0.25) is 0 Å². The van der Waals surface area contributed by atoms with Crippen LogP contribution in [0.4, 0.5) is 0 Å². The van der Waals surface area contributed by atoms with Gasteiger partial charge in [-0.2, -0.15) is 0 Å². The van der Waals surface area contributed by atoms with Crippen molar-refractivity contribution >= 4 is 0 Å². The second-order valence-electron chi connectivity index (χ2n) is 0.697. The molecule has 0 spiro atoms. The van der Waals surface area contributed by atoms with E-state index < -0.39 is 0 Å². The van der Waals surface area contributed by atoms with Gasteiger partial charge in [0.25, 0.3) is 0 Å². The van der Waals surface area contributed by atoms with Crippen LogP contribution < -0.4 is 0 Å². The Morgan fingerprint density at radius 1 is 1.67 bits per heavy atom. The van der Waals surface area contributed by atoms with Crippen LogP contribution >= 0.6 is 0 Å². The molecule has 0 heterocycles. The van der Waals surface area contributed by atoms with Crippen molar-refractivity contribution in [3.63, 3.8) is 0 Å². The van der Waals surface area contributed by atoms with Crippen molar-refractivity contribution in [2.75, 3.05) is 13.2 Å². The minimum absolute atomic E-state index is 0. The molecular weight excluding hydrogens is 248 g/mol. The SMILES string of the molecule is [CH2-]COCC.[W]. The molecule has 0 radical (unpaired) electrons. The van der Waals surface area contributed by atoms with E-state index in [2.05, 4.69) is 6.92 Å². The molecule has 0 unspecified atom stereocenters. The van der Waals surface area contributed by atoms with Crippen LogP contribution in [-0.2, 0) is 25.8 Å². The average Bonchev–Trinajstić information content (AvgIpc) is 1.41. The predicted molar refractivity (Wildman–Crippen MR) is 21.8 cm³/mol. The third-order valence-corrected chi connectivity index (χ3v) is 0.348. The molecule has 0 amide bonds. The van der Waals surface area contributed by atoms with Crippen LogP contribution in [0.3, 0.4) is 0 Å². The van der Waals surface area contributed by atoms with Gasteiger partial charge >= 0.3 is 0 Å². The van der Waals surface area contributed by atoms with E-state index in [1.165, 1.54) is 0 Å². The summed E-state index contributed by atoms with van der Waals surface area (Å²) in [6, 6.07) is 0. The molecule has 0 rings (SSSR count). The molecule has 0 atom stereocenters. The maximum atomic E-state index is 4.72. The molecule has 0 fully saturated rings. The molecule has 0 aromatic heterocycles. The molecule has 0 bridgehead atoms. The number of ether oxygens (including phenoxy) is 1. The van der Waals surface area contributed by atoms with Gasteiger partial charge in [-0.15, -0.1) is 0 Å². The summed E-state index contributed by atoms with van der Waals surface area (Å²) in [5.74, 6) is 0. The zero-order valence-corrected chi connectivity index (χ0v) is 6.87.